The summed E-state index contributed by atoms with van der Waals surface area (Å²) in [5.41, 5.74) is -1.49. The topological polar surface area (TPSA) is 216 Å². The fourth-order valence-electron chi connectivity index (χ4n) is 4.25. The van der Waals surface area contributed by atoms with Gasteiger partial charge in [-0.2, -0.15) is 0 Å². The number of rotatable bonds is 7. The van der Waals surface area contributed by atoms with Crippen molar-refractivity contribution in [1.29, 1.82) is 0 Å². The van der Waals surface area contributed by atoms with Crippen LogP contribution in [0.2, 0.25) is 0 Å². The second-order valence-corrected chi connectivity index (χ2v) is 8.66. The fraction of sp³-hybridized carbons (Fsp3) is 0.762. The highest BCUT2D eigenvalue weighted by Gasteiger charge is 2.53. The molecule has 1 aliphatic carbocycles. The van der Waals surface area contributed by atoms with Crippen LogP contribution in [-0.2, 0) is 23.7 Å². The van der Waals surface area contributed by atoms with Crippen molar-refractivity contribution >= 4 is 5.78 Å². The van der Waals surface area contributed by atoms with Crippen molar-refractivity contribution in [2.45, 2.75) is 87.3 Å². The average Bonchev–Trinajstić information content (AvgIpc) is 3.02. The average molecular weight is 492 g/mol. The van der Waals surface area contributed by atoms with Crippen LogP contribution in [0.3, 0.4) is 0 Å². The third-order valence-electron chi connectivity index (χ3n) is 6.36. The molecular formula is C21H32O13. The maximum Gasteiger partial charge on any atom is 0.228 e. The number of aliphatic hydroxyl groups is 8. The van der Waals surface area contributed by atoms with Crippen molar-refractivity contribution in [2.24, 2.45) is 0 Å². The molecule has 13 heteroatoms. The molecule has 0 unspecified atom stereocenters. The number of carbonyl (C=O) groups excluding carboxylic acids is 1. The summed E-state index contributed by atoms with van der Waals surface area (Å²) in [4.78, 5) is 13.0. The summed E-state index contributed by atoms with van der Waals surface area (Å²) < 4.78 is 22.0. The second-order valence-electron chi connectivity index (χ2n) is 8.66. The van der Waals surface area contributed by atoms with Crippen LogP contribution >= 0.6 is 0 Å². The molecule has 0 spiro atoms. The lowest BCUT2D eigenvalue weighted by atomic mass is 9.89. The lowest BCUT2D eigenvalue weighted by molar-refractivity contribution is -0.312. The molecule has 2 fully saturated rings. The van der Waals surface area contributed by atoms with Gasteiger partial charge in [0.2, 0.25) is 6.29 Å². The molecule has 11 atom stereocenters. The lowest BCUT2D eigenvalue weighted by Gasteiger charge is -2.43. The van der Waals surface area contributed by atoms with E-state index in [1.807, 2.05) is 0 Å². The summed E-state index contributed by atoms with van der Waals surface area (Å²) in [6, 6.07) is 0. The highest BCUT2D eigenvalue weighted by Crippen LogP contribution is 2.41. The Balaban J connectivity index is 1.89. The minimum absolute atomic E-state index is 0.0765. The van der Waals surface area contributed by atoms with Gasteiger partial charge < -0.3 is 59.8 Å². The van der Waals surface area contributed by atoms with Crippen LogP contribution in [0.5, 0.6) is 0 Å². The number of hydrogen-bond acceptors (Lipinski definition) is 13. The third-order valence-corrected chi connectivity index (χ3v) is 6.36. The Bertz CT molecular complexity index is 798. The first-order chi connectivity index (χ1) is 16.0. The van der Waals surface area contributed by atoms with Crippen molar-refractivity contribution in [1.82, 2.24) is 0 Å². The highest BCUT2D eigenvalue weighted by atomic mass is 16.7. The van der Waals surface area contributed by atoms with E-state index in [1.54, 1.807) is 6.92 Å². The van der Waals surface area contributed by atoms with E-state index < -0.39 is 86.0 Å². The molecule has 0 aromatic rings. The molecule has 2 heterocycles. The van der Waals surface area contributed by atoms with Crippen LogP contribution in [0.25, 0.3) is 0 Å². The predicted octanol–water partition coefficient (Wildman–Crippen LogP) is -3.82. The van der Waals surface area contributed by atoms with E-state index in [9.17, 15) is 45.6 Å². The molecule has 34 heavy (non-hydrogen) atoms. The molecule has 0 bridgehead atoms. The molecule has 194 valence electrons. The maximum absolute atomic E-state index is 13.0. The van der Waals surface area contributed by atoms with Crippen LogP contribution in [0, 0.1) is 0 Å². The molecule has 0 aromatic heterocycles. The lowest BCUT2D eigenvalue weighted by Crippen LogP contribution is -2.60. The van der Waals surface area contributed by atoms with Gasteiger partial charge in [0.1, 0.15) is 42.7 Å². The van der Waals surface area contributed by atoms with Gasteiger partial charge >= 0.3 is 0 Å². The summed E-state index contributed by atoms with van der Waals surface area (Å²) in [5.74, 6) is -0.619. The van der Waals surface area contributed by atoms with Crippen molar-refractivity contribution in [3.8, 4) is 0 Å². The van der Waals surface area contributed by atoms with E-state index in [0.717, 1.165) is 6.26 Å². The largest absolute Gasteiger partial charge is 0.469 e. The first-order valence-corrected chi connectivity index (χ1v) is 10.9. The molecule has 3 rings (SSSR count). The Morgan fingerprint density at radius 1 is 0.941 bits per heavy atom. The SMILES string of the molecule is CC1=CC(=O)[C@@](CCO)(O[C@@H]2O[C@@H](C)[C@H](O)[C@@H](O)[C@H]2O)/C1=C/O[C@@H]1O[C@H](CO)[C@@H](O)[C@H](O)[C@H]1O. The van der Waals surface area contributed by atoms with Crippen molar-refractivity contribution in [3.63, 3.8) is 0 Å². The van der Waals surface area contributed by atoms with Gasteiger partial charge in [-0.25, -0.2) is 0 Å². The fourth-order valence-corrected chi connectivity index (χ4v) is 4.25. The van der Waals surface area contributed by atoms with Crippen LogP contribution in [-0.4, -0.2) is 127 Å². The van der Waals surface area contributed by atoms with Gasteiger partial charge in [0, 0.05) is 18.6 Å². The van der Waals surface area contributed by atoms with Gasteiger partial charge in [0.25, 0.3) is 0 Å². The predicted molar refractivity (Wildman–Crippen MR) is 110 cm³/mol. The minimum atomic E-state index is -1.92. The summed E-state index contributed by atoms with van der Waals surface area (Å²) in [7, 11) is 0. The zero-order valence-electron chi connectivity index (χ0n) is 18.7. The number of carbonyl (C=O) groups is 1. The van der Waals surface area contributed by atoms with Gasteiger partial charge in [-0.3, -0.25) is 4.79 Å². The molecule has 8 N–H and O–H groups in total. The van der Waals surface area contributed by atoms with Crippen molar-refractivity contribution in [3.05, 3.63) is 23.5 Å². The quantitative estimate of drug-likeness (QED) is 0.160. The Morgan fingerprint density at radius 3 is 2.18 bits per heavy atom. The maximum atomic E-state index is 13.0. The molecule has 0 amide bonds. The first kappa shape index (κ1) is 27.1. The zero-order valence-corrected chi connectivity index (χ0v) is 18.7. The van der Waals surface area contributed by atoms with Gasteiger partial charge in [-0.15, -0.1) is 0 Å². The van der Waals surface area contributed by atoms with Gasteiger partial charge in [0.15, 0.2) is 17.7 Å². The normalized spacial score (nSPS) is 46.6. The molecule has 3 aliphatic rings. The molecule has 13 nitrogen and oxygen atoms in total. The van der Waals surface area contributed by atoms with E-state index in [4.69, 9.17) is 18.9 Å². The zero-order chi connectivity index (χ0) is 25.4. The number of ether oxygens (including phenoxy) is 4. The summed E-state index contributed by atoms with van der Waals surface area (Å²) in [6.07, 6.45) is -13.0. The standard InChI is InChI=1S/C21H32O13/c1-8-5-12(24)21(3-4-22,34-20-18(30)15(27)13(25)9(2)32-20)10(8)7-31-19-17(29)16(28)14(26)11(6-23)33-19/h5,7,9,11,13-20,22-23,25-30H,3-4,6H2,1-2H3/b10-7+/t9-,11+,13-,14+,15+,16-,17+,18+,19+,20-,21-/m0/s1. The van der Waals surface area contributed by atoms with Gasteiger partial charge in [-0.1, -0.05) is 0 Å². The summed E-state index contributed by atoms with van der Waals surface area (Å²) >= 11 is 0. The molecule has 2 aliphatic heterocycles. The second kappa shape index (κ2) is 10.6. The Labute approximate surface area is 195 Å². The van der Waals surface area contributed by atoms with E-state index in [2.05, 4.69) is 0 Å². The van der Waals surface area contributed by atoms with Crippen molar-refractivity contribution in [2.75, 3.05) is 13.2 Å². The van der Waals surface area contributed by atoms with E-state index in [1.165, 1.54) is 13.0 Å². The van der Waals surface area contributed by atoms with Crippen LogP contribution in [0.4, 0.5) is 0 Å². The van der Waals surface area contributed by atoms with Crippen LogP contribution in [0.15, 0.2) is 23.5 Å². The molecule has 0 radical (unpaired) electrons. The summed E-state index contributed by atoms with van der Waals surface area (Å²) in [6.45, 7) is 1.78. The molecule has 0 saturated carbocycles. The highest BCUT2D eigenvalue weighted by molar-refractivity contribution is 6.05. The minimum Gasteiger partial charge on any atom is -0.469 e. The van der Waals surface area contributed by atoms with Crippen LogP contribution < -0.4 is 0 Å². The third kappa shape index (κ3) is 4.79. The first-order valence-electron chi connectivity index (χ1n) is 10.9. The monoisotopic (exact) mass is 492 g/mol. The molecule has 0 aromatic carbocycles. The van der Waals surface area contributed by atoms with E-state index in [-0.39, 0.29) is 12.0 Å². The van der Waals surface area contributed by atoms with Crippen molar-refractivity contribution < 1.29 is 64.6 Å². The summed E-state index contributed by atoms with van der Waals surface area (Å²) in [5, 5.41) is 79.4. The smallest absolute Gasteiger partial charge is 0.228 e. The number of ketones is 1. The molecular weight excluding hydrogens is 460 g/mol. The van der Waals surface area contributed by atoms with Crippen LogP contribution in [0.1, 0.15) is 20.3 Å². The van der Waals surface area contributed by atoms with Gasteiger partial charge in [-0.05, 0) is 25.5 Å². The van der Waals surface area contributed by atoms with Gasteiger partial charge in [0.05, 0.1) is 19.0 Å². The van der Waals surface area contributed by atoms with E-state index in [0.29, 0.717) is 5.57 Å². The number of aliphatic hydroxyl groups excluding tert-OH is 8. The molecule has 2 saturated heterocycles. The Morgan fingerprint density at radius 2 is 1.56 bits per heavy atom. The Hall–Kier alpha value is -1.49. The number of hydrogen-bond donors (Lipinski definition) is 8. The Kier molecular flexibility index (Phi) is 8.48. The van der Waals surface area contributed by atoms with E-state index >= 15 is 0 Å².